The van der Waals surface area contributed by atoms with Crippen LogP contribution in [0.3, 0.4) is 0 Å². The first-order chi connectivity index (χ1) is 8.43. The normalized spacial score (nSPS) is 12.7. The van der Waals surface area contributed by atoms with Gasteiger partial charge >= 0.3 is 0 Å². The number of nitro groups is 1. The number of halogens is 1. The number of nitrogens with zero attached hydrogens (tertiary/aromatic N) is 1. The highest BCUT2D eigenvalue weighted by atomic mass is 19.1. The predicted molar refractivity (Wildman–Crippen MR) is 69.1 cm³/mol. The minimum atomic E-state index is -0.461. The van der Waals surface area contributed by atoms with Crippen LogP contribution < -0.4 is 5.32 Å². The van der Waals surface area contributed by atoms with Gasteiger partial charge in [-0.3, -0.25) is 10.1 Å². The summed E-state index contributed by atoms with van der Waals surface area (Å²) in [5.41, 5.74) is 0.431. The van der Waals surface area contributed by atoms with Crippen molar-refractivity contribution in [1.82, 2.24) is 5.32 Å². The van der Waals surface area contributed by atoms with Crippen molar-refractivity contribution in [3.8, 4) is 0 Å². The van der Waals surface area contributed by atoms with E-state index in [1.807, 2.05) is 7.05 Å². The van der Waals surface area contributed by atoms with Crippen molar-refractivity contribution in [2.45, 2.75) is 32.7 Å². The van der Waals surface area contributed by atoms with Crippen LogP contribution >= 0.6 is 0 Å². The number of benzene rings is 1. The minimum Gasteiger partial charge on any atom is -0.317 e. The third kappa shape index (κ3) is 4.07. The summed E-state index contributed by atoms with van der Waals surface area (Å²) in [6.45, 7) is 4.18. The van der Waals surface area contributed by atoms with Crippen molar-refractivity contribution in [3.63, 3.8) is 0 Å². The van der Waals surface area contributed by atoms with E-state index in [4.69, 9.17) is 0 Å². The first-order valence-electron chi connectivity index (χ1n) is 6.04. The number of rotatable bonds is 6. The van der Waals surface area contributed by atoms with Crippen LogP contribution in [0.1, 0.15) is 25.8 Å². The third-order valence-electron chi connectivity index (χ3n) is 2.87. The second-order valence-electron chi connectivity index (χ2n) is 4.85. The second-order valence-corrected chi connectivity index (χ2v) is 4.85. The molecule has 0 aliphatic rings. The van der Waals surface area contributed by atoms with E-state index >= 15 is 0 Å². The van der Waals surface area contributed by atoms with Gasteiger partial charge < -0.3 is 5.32 Å². The van der Waals surface area contributed by atoms with Gasteiger partial charge in [-0.05, 0) is 37.9 Å². The van der Waals surface area contributed by atoms with Gasteiger partial charge in [-0.25, -0.2) is 4.39 Å². The highest BCUT2D eigenvalue weighted by Gasteiger charge is 2.18. The van der Waals surface area contributed by atoms with Crippen molar-refractivity contribution >= 4 is 5.69 Å². The van der Waals surface area contributed by atoms with Gasteiger partial charge in [0.2, 0.25) is 0 Å². The first kappa shape index (κ1) is 14.6. The largest absolute Gasteiger partial charge is 0.317 e. The van der Waals surface area contributed by atoms with E-state index in [-0.39, 0.29) is 11.7 Å². The van der Waals surface area contributed by atoms with Crippen LogP contribution in [0.4, 0.5) is 10.1 Å². The van der Waals surface area contributed by atoms with Crippen LogP contribution in [0.25, 0.3) is 0 Å². The Morgan fingerprint density at radius 2 is 2.11 bits per heavy atom. The predicted octanol–water partition coefficient (Wildman–Crippen LogP) is 2.91. The zero-order chi connectivity index (χ0) is 13.7. The van der Waals surface area contributed by atoms with Crippen LogP contribution in [0.2, 0.25) is 0 Å². The summed E-state index contributed by atoms with van der Waals surface area (Å²) in [7, 11) is 1.82. The monoisotopic (exact) mass is 254 g/mol. The van der Waals surface area contributed by atoms with Crippen LogP contribution in [0, 0.1) is 21.8 Å². The first-order valence-corrected chi connectivity index (χ1v) is 6.04. The maximum absolute atomic E-state index is 13.2. The molecule has 0 amide bonds. The van der Waals surface area contributed by atoms with Crippen LogP contribution in [-0.2, 0) is 6.42 Å². The lowest BCUT2D eigenvalue weighted by molar-refractivity contribution is -0.385. The molecule has 1 rings (SSSR count). The third-order valence-corrected chi connectivity index (χ3v) is 2.87. The Labute approximate surface area is 106 Å². The van der Waals surface area contributed by atoms with Gasteiger partial charge in [0, 0.05) is 17.7 Å². The molecule has 18 heavy (non-hydrogen) atoms. The highest BCUT2D eigenvalue weighted by molar-refractivity contribution is 5.40. The van der Waals surface area contributed by atoms with E-state index in [1.165, 1.54) is 12.1 Å². The molecule has 0 aromatic heterocycles. The fraction of sp³-hybridized carbons (Fsp3) is 0.538. The van der Waals surface area contributed by atoms with Crippen molar-refractivity contribution in [3.05, 3.63) is 39.7 Å². The maximum Gasteiger partial charge on any atom is 0.272 e. The van der Waals surface area contributed by atoms with Crippen LogP contribution in [0.5, 0.6) is 0 Å². The van der Waals surface area contributed by atoms with Crippen molar-refractivity contribution in [2.75, 3.05) is 7.05 Å². The SMILES string of the molecule is CNC(Cc1cc(F)ccc1[N+](=O)[O-])CC(C)C. The van der Waals surface area contributed by atoms with Gasteiger partial charge in [0.05, 0.1) is 4.92 Å². The molecule has 5 heteroatoms. The average Bonchev–Trinajstić information content (AvgIpc) is 2.27. The second kappa shape index (κ2) is 6.44. The van der Waals surface area contributed by atoms with E-state index in [0.29, 0.717) is 17.9 Å². The molecule has 0 fully saturated rings. The molecule has 4 nitrogen and oxygen atoms in total. The quantitative estimate of drug-likeness (QED) is 0.627. The molecule has 1 aromatic carbocycles. The lowest BCUT2D eigenvalue weighted by Crippen LogP contribution is -2.29. The average molecular weight is 254 g/mol. The topological polar surface area (TPSA) is 55.2 Å². The summed E-state index contributed by atoms with van der Waals surface area (Å²) in [6.07, 6.45) is 1.35. The Bertz CT molecular complexity index is 421. The maximum atomic E-state index is 13.2. The number of nitro benzene ring substituents is 1. The zero-order valence-corrected chi connectivity index (χ0v) is 10.9. The van der Waals surface area contributed by atoms with Gasteiger partial charge in [-0.2, -0.15) is 0 Å². The van der Waals surface area contributed by atoms with Gasteiger partial charge in [0.1, 0.15) is 5.82 Å². The number of nitrogens with one attached hydrogen (secondary N) is 1. The smallest absolute Gasteiger partial charge is 0.272 e. The van der Waals surface area contributed by atoms with Crippen molar-refractivity contribution < 1.29 is 9.31 Å². The summed E-state index contributed by atoms with van der Waals surface area (Å²) >= 11 is 0. The summed E-state index contributed by atoms with van der Waals surface area (Å²) < 4.78 is 13.2. The van der Waals surface area contributed by atoms with Gasteiger partial charge in [-0.15, -0.1) is 0 Å². The fourth-order valence-electron chi connectivity index (χ4n) is 2.03. The number of hydrogen-bond donors (Lipinski definition) is 1. The van der Waals surface area contributed by atoms with Gasteiger partial charge in [0.15, 0.2) is 0 Å². The van der Waals surface area contributed by atoms with Crippen LogP contribution in [0.15, 0.2) is 18.2 Å². The van der Waals surface area contributed by atoms with Crippen molar-refractivity contribution in [1.29, 1.82) is 0 Å². The lowest BCUT2D eigenvalue weighted by Gasteiger charge is -2.18. The molecule has 0 spiro atoms. The molecule has 0 aliphatic heterocycles. The van der Waals surface area contributed by atoms with E-state index in [9.17, 15) is 14.5 Å². The van der Waals surface area contributed by atoms with Crippen molar-refractivity contribution in [2.24, 2.45) is 5.92 Å². The molecular weight excluding hydrogens is 235 g/mol. The Balaban J connectivity index is 2.93. The molecule has 1 aromatic rings. The summed E-state index contributed by atoms with van der Waals surface area (Å²) in [5.74, 6) is 0.0464. The molecule has 0 aliphatic carbocycles. The Hall–Kier alpha value is -1.49. The lowest BCUT2D eigenvalue weighted by atomic mass is 9.96. The molecule has 0 bridgehead atoms. The molecule has 100 valence electrons. The van der Waals surface area contributed by atoms with E-state index < -0.39 is 10.7 Å². The highest BCUT2D eigenvalue weighted by Crippen LogP contribution is 2.22. The molecule has 0 saturated carbocycles. The zero-order valence-electron chi connectivity index (χ0n) is 10.9. The standard InChI is InChI=1S/C13H19FN2O2/c1-9(2)6-12(15-3)8-10-7-11(14)4-5-13(10)16(17)18/h4-5,7,9,12,15H,6,8H2,1-3H3. The van der Waals surface area contributed by atoms with E-state index in [0.717, 1.165) is 12.5 Å². The molecule has 1 unspecified atom stereocenters. The summed E-state index contributed by atoms with van der Waals surface area (Å²) in [4.78, 5) is 10.4. The van der Waals surface area contributed by atoms with Gasteiger partial charge in [-0.1, -0.05) is 13.8 Å². The number of likely N-dealkylation sites (N-methyl/N-ethyl adjacent to an activating group) is 1. The fourth-order valence-corrected chi connectivity index (χ4v) is 2.03. The van der Waals surface area contributed by atoms with E-state index in [2.05, 4.69) is 19.2 Å². The molecule has 1 N–H and O–H groups in total. The Kier molecular flexibility index (Phi) is 5.22. The van der Waals surface area contributed by atoms with Crippen LogP contribution in [-0.4, -0.2) is 18.0 Å². The van der Waals surface area contributed by atoms with Gasteiger partial charge in [0.25, 0.3) is 5.69 Å². The Morgan fingerprint density at radius 1 is 1.44 bits per heavy atom. The molecule has 0 saturated heterocycles. The minimum absolute atomic E-state index is 0.0135. The molecular formula is C13H19FN2O2. The summed E-state index contributed by atoms with van der Waals surface area (Å²) in [5, 5.41) is 14.0. The molecule has 1 atom stereocenters. The summed E-state index contributed by atoms with van der Waals surface area (Å²) in [6, 6.07) is 3.72. The molecule has 0 radical (unpaired) electrons. The van der Waals surface area contributed by atoms with E-state index in [1.54, 1.807) is 0 Å². The Morgan fingerprint density at radius 3 is 2.61 bits per heavy atom. The molecule has 0 heterocycles. The number of hydrogen-bond acceptors (Lipinski definition) is 3.